The molecule has 0 heterocycles. The molecular formula is C23H32FNS. The highest BCUT2D eigenvalue weighted by atomic mass is 32.1. The maximum Gasteiger partial charge on any atom is 0.123 e. The molecule has 3 heteroatoms. The molecule has 2 N–H and O–H groups in total. The lowest BCUT2D eigenvalue weighted by Gasteiger charge is -2.21. The maximum absolute atomic E-state index is 13.6. The van der Waals surface area contributed by atoms with Crippen molar-refractivity contribution in [2.75, 3.05) is 6.54 Å². The molecule has 0 saturated carbocycles. The summed E-state index contributed by atoms with van der Waals surface area (Å²) in [5, 5.41) is 0.179. The molecule has 0 bridgehead atoms. The SMILES string of the molecule is C=CC.CC.NC[C@@H](S)C[C@H]1Cc2cc(F)ccc2Cc2ccccc21. The Hall–Kier alpha value is -1.58. The second-order valence-corrected chi connectivity index (χ2v) is 6.95. The lowest BCUT2D eigenvalue weighted by molar-refractivity contribution is 0.597. The second-order valence-electron chi connectivity index (χ2n) is 6.22. The Morgan fingerprint density at radius 2 is 1.85 bits per heavy atom. The van der Waals surface area contributed by atoms with Crippen LogP contribution in [-0.4, -0.2) is 11.8 Å². The zero-order chi connectivity index (χ0) is 19.5. The van der Waals surface area contributed by atoms with Gasteiger partial charge in [0.1, 0.15) is 5.82 Å². The van der Waals surface area contributed by atoms with Crippen LogP contribution < -0.4 is 5.73 Å². The van der Waals surface area contributed by atoms with Crippen molar-refractivity contribution in [3.05, 3.63) is 83.2 Å². The number of fused-ring (bicyclic) bond motifs is 2. The third-order valence-electron chi connectivity index (χ3n) is 4.34. The van der Waals surface area contributed by atoms with Gasteiger partial charge in [0, 0.05) is 11.8 Å². The first-order chi connectivity index (χ1) is 12.6. The summed E-state index contributed by atoms with van der Waals surface area (Å²) in [6.07, 6.45) is 4.41. The Bertz CT molecular complexity index is 684. The summed E-state index contributed by atoms with van der Waals surface area (Å²) in [5.74, 6) is 0.204. The molecule has 0 fully saturated rings. The predicted octanol–water partition coefficient (Wildman–Crippen LogP) is 5.92. The lowest BCUT2D eigenvalue weighted by atomic mass is 9.87. The maximum atomic E-state index is 13.6. The number of thiol groups is 1. The molecule has 0 radical (unpaired) electrons. The number of hydrogen-bond donors (Lipinski definition) is 2. The molecule has 2 aromatic rings. The third kappa shape index (κ3) is 6.30. The molecule has 0 spiro atoms. The molecular weight excluding hydrogens is 341 g/mol. The number of nitrogens with two attached hydrogens (primary N) is 1. The monoisotopic (exact) mass is 373 g/mol. The largest absolute Gasteiger partial charge is 0.329 e. The highest BCUT2D eigenvalue weighted by Gasteiger charge is 2.23. The van der Waals surface area contributed by atoms with Crippen molar-refractivity contribution in [3.8, 4) is 0 Å². The summed E-state index contributed by atoms with van der Waals surface area (Å²) >= 11 is 4.56. The molecule has 1 aliphatic carbocycles. The zero-order valence-corrected chi connectivity index (χ0v) is 17.1. The van der Waals surface area contributed by atoms with E-state index in [1.54, 1.807) is 18.2 Å². The summed E-state index contributed by atoms with van der Waals surface area (Å²) in [5.41, 5.74) is 10.8. The van der Waals surface area contributed by atoms with Gasteiger partial charge in [-0.05, 0) is 66.5 Å². The Morgan fingerprint density at radius 1 is 1.19 bits per heavy atom. The number of allylic oxidation sites excluding steroid dienone is 1. The van der Waals surface area contributed by atoms with Crippen LogP contribution in [0.5, 0.6) is 0 Å². The van der Waals surface area contributed by atoms with Crippen molar-refractivity contribution >= 4 is 12.6 Å². The van der Waals surface area contributed by atoms with E-state index in [0.717, 1.165) is 24.8 Å². The average Bonchev–Trinajstić information content (AvgIpc) is 2.80. The summed E-state index contributed by atoms with van der Waals surface area (Å²) in [7, 11) is 0. The first-order valence-electron chi connectivity index (χ1n) is 9.39. The number of rotatable bonds is 3. The molecule has 26 heavy (non-hydrogen) atoms. The van der Waals surface area contributed by atoms with E-state index in [1.807, 2.05) is 26.8 Å². The Labute approximate surface area is 163 Å². The van der Waals surface area contributed by atoms with Gasteiger partial charge in [-0.2, -0.15) is 12.6 Å². The van der Waals surface area contributed by atoms with Crippen molar-refractivity contribution in [3.63, 3.8) is 0 Å². The van der Waals surface area contributed by atoms with E-state index in [2.05, 4.69) is 43.5 Å². The molecule has 0 aromatic heterocycles. The first-order valence-corrected chi connectivity index (χ1v) is 9.91. The van der Waals surface area contributed by atoms with Crippen molar-refractivity contribution in [2.45, 2.75) is 51.2 Å². The highest BCUT2D eigenvalue weighted by Crippen LogP contribution is 2.35. The van der Waals surface area contributed by atoms with Gasteiger partial charge in [0.2, 0.25) is 0 Å². The molecule has 3 rings (SSSR count). The Balaban J connectivity index is 0.000000615. The van der Waals surface area contributed by atoms with Crippen LogP contribution in [0.1, 0.15) is 55.4 Å². The predicted molar refractivity (Wildman–Crippen MR) is 116 cm³/mol. The normalized spacial score (nSPS) is 15.7. The Kier molecular flexibility index (Phi) is 10.3. The molecule has 0 aliphatic heterocycles. The quantitative estimate of drug-likeness (QED) is 0.507. The summed E-state index contributed by atoms with van der Waals surface area (Å²) in [6, 6.07) is 13.7. The van der Waals surface area contributed by atoms with Crippen LogP contribution in [0, 0.1) is 5.82 Å². The van der Waals surface area contributed by atoms with Crippen LogP contribution in [0.3, 0.4) is 0 Å². The van der Waals surface area contributed by atoms with Crippen molar-refractivity contribution in [2.24, 2.45) is 5.73 Å². The average molecular weight is 374 g/mol. The molecule has 1 nitrogen and oxygen atoms in total. The van der Waals surface area contributed by atoms with Gasteiger partial charge in [0.15, 0.2) is 0 Å². The third-order valence-corrected chi connectivity index (χ3v) is 4.76. The minimum atomic E-state index is -0.153. The minimum absolute atomic E-state index is 0.153. The van der Waals surface area contributed by atoms with Crippen LogP contribution in [0.15, 0.2) is 55.1 Å². The molecule has 1 aliphatic rings. The first kappa shape index (κ1) is 22.5. The fraction of sp³-hybridized carbons (Fsp3) is 0.391. The van der Waals surface area contributed by atoms with E-state index in [0.29, 0.717) is 12.5 Å². The Morgan fingerprint density at radius 3 is 2.50 bits per heavy atom. The van der Waals surface area contributed by atoms with Gasteiger partial charge in [-0.1, -0.05) is 50.3 Å². The highest BCUT2D eigenvalue weighted by molar-refractivity contribution is 7.81. The molecule has 0 amide bonds. The van der Waals surface area contributed by atoms with Crippen molar-refractivity contribution < 1.29 is 4.39 Å². The number of halogens is 1. The minimum Gasteiger partial charge on any atom is -0.329 e. The van der Waals surface area contributed by atoms with E-state index in [4.69, 9.17) is 5.73 Å². The van der Waals surface area contributed by atoms with Crippen molar-refractivity contribution in [1.82, 2.24) is 0 Å². The van der Waals surface area contributed by atoms with Crippen LogP contribution in [0.4, 0.5) is 4.39 Å². The number of benzene rings is 2. The van der Waals surface area contributed by atoms with E-state index in [9.17, 15) is 4.39 Å². The van der Waals surface area contributed by atoms with E-state index < -0.39 is 0 Å². The van der Waals surface area contributed by atoms with Crippen LogP contribution in [0.25, 0.3) is 0 Å². The lowest BCUT2D eigenvalue weighted by Crippen LogP contribution is -2.18. The van der Waals surface area contributed by atoms with Gasteiger partial charge >= 0.3 is 0 Å². The van der Waals surface area contributed by atoms with Gasteiger partial charge in [-0.25, -0.2) is 4.39 Å². The second kappa shape index (κ2) is 11.9. The summed E-state index contributed by atoms with van der Waals surface area (Å²) in [6.45, 7) is 9.82. The molecule has 0 saturated heterocycles. The topological polar surface area (TPSA) is 26.0 Å². The van der Waals surface area contributed by atoms with Gasteiger partial charge in [0.05, 0.1) is 0 Å². The summed E-state index contributed by atoms with van der Waals surface area (Å²) in [4.78, 5) is 0. The smallest absolute Gasteiger partial charge is 0.123 e. The van der Waals surface area contributed by atoms with E-state index in [1.165, 1.54) is 16.7 Å². The van der Waals surface area contributed by atoms with Gasteiger partial charge < -0.3 is 5.73 Å². The molecule has 2 atom stereocenters. The zero-order valence-electron chi connectivity index (χ0n) is 16.2. The van der Waals surface area contributed by atoms with Gasteiger partial charge in [-0.15, -0.1) is 6.58 Å². The molecule has 2 aromatic carbocycles. The fourth-order valence-corrected chi connectivity index (χ4v) is 3.52. The van der Waals surface area contributed by atoms with Crippen molar-refractivity contribution in [1.29, 1.82) is 0 Å². The van der Waals surface area contributed by atoms with Crippen LogP contribution in [0.2, 0.25) is 0 Å². The summed E-state index contributed by atoms with van der Waals surface area (Å²) < 4.78 is 13.6. The number of hydrogen-bond acceptors (Lipinski definition) is 2. The van der Waals surface area contributed by atoms with Crippen LogP contribution >= 0.6 is 12.6 Å². The molecule has 0 unspecified atom stereocenters. The van der Waals surface area contributed by atoms with Gasteiger partial charge in [0.25, 0.3) is 0 Å². The van der Waals surface area contributed by atoms with E-state index >= 15 is 0 Å². The van der Waals surface area contributed by atoms with E-state index in [-0.39, 0.29) is 11.1 Å². The molecule has 142 valence electrons. The standard InChI is InChI=1S/C18H20FNS.C3H6.C2H6/c19-16-6-5-12-7-13-3-1-2-4-18(13)15(8-14(12)9-16)10-17(21)11-20;1-3-2;1-2/h1-6,9,15,17,21H,7-8,10-11,20H2;3H,1H2,2H3;1-2H3/t15-,17+;;/m1../s1. The van der Waals surface area contributed by atoms with Gasteiger partial charge in [-0.3, -0.25) is 0 Å². The fourth-order valence-electron chi connectivity index (χ4n) is 3.27. The van der Waals surface area contributed by atoms with Crippen LogP contribution in [-0.2, 0) is 12.8 Å².